The number of carbonyl (C=O) groups is 2. The first-order chi connectivity index (χ1) is 9.16. The molecule has 98 valence electrons. The third-order valence-corrected chi connectivity index (χ3v) is 4.02. The Morgan fingerprint density at radius 3 is 3.00 bits per heavy atom. The highest BCUT2D eigenvalue weighted by molar-refractivity contribution is 7.99. The lowest BCUT2D eigenvalue weighted by Crippen LogP contribution is -2.41. The number of amides is 1. The van der Waals surface area contributed by atoms with Crippen LogP contribution in [0.15, 0.2) is 30.6 Å². The number of imidazole rings is 1. The number of carbonyl (C=O) groups excluding carboxylic acids is 1. The molecule has 3 rings (SSSR count). The first-order valence-electron chi connectivity index (χ1n) is 5.72. The predicted octanol–water partition coefficient (Wildman–Crippen LogP) is 0.934. The zero-order valence-electron chi connectivity index (χ0n) is 9.89. The van der Waals surface area contributed by atoms with E-state index in [1.165, 1.54) is 16.7 Å². The van der Waals surface area contributed by atoms with Gasteiger partial charge in [-0.25, -0.2) is 9.78 Å². The average Bonchev–Trinajstić information content (AvgIpc) is 3.04. The van der Waals surface area contributed by atoms with Crippen LogP contribution in [-0.4, -0.2) is 48.9 Å². The van der Waals surface area contributed by atoms with Crippen molar-refractivity contribution < 1.29 is 14.7 Å². The van der Waals surface area contributed by atoms with Crippen LogP contribution in [-0.2, 0) is 4.79 Å². The molecule has 1 aliphatic rings. The van der Waals surface area contributed by atoms with Crippen LogP contribution in [0.2, 0.25) is 0 Å². The van der Waals surface area contributed by atoms with E-state index in [4.69, 9.17) is 5.11 Å². The molecule has 0 saturated carbocycles. The van der Waals surface area contributed by atoms with Gasteiger partial charge >= 0.3 is 5.97 Å². The number of aromatic nitrogens is 2. The molecule has 2 aromatic rings. The number of carboxylic acids is 1. The highest BCUT2D eigenvalue weighted by Crippen LogP contribution is 2.23. The molecule has 1 fully saturated rings. The Hall–Kier alpha value is -2.02. The highest BCUT2D eigenvalue weighted by Gasteiger charge is 2.35. The summed E-state index contributed by atoms with van der Waals surface area (Å²) in [5.41, 5.74) is 0.949. The second-order valence-corrected chi connectivity index (χ2v) is 5.22. The van der Waals surface area contributed by atoms with Gasteiger partial charge in [-0.15, -0.1) is 11.8 Å². The summed E-state index contributed by atoms with van der Waals surface area (Å²) < 4.78 is 1.74. The third kappa shape index (κ3) is 2.06. The van der Waals surface area contributed by atoms with Gasteiger partial charge in [0.1, 0.15) is 17.4 Å². The monoisotopic (exact) mass is 277 g/mol. The van der Waals surface area contributed by atoms with Crippen LogP contribution in [0.25, 0.3) is 5.65 Å². The zero-order chi connectivity index (χ0) is 13.4. The van der Waals surface area contributed by atoms with Crippen molar-refractivity contribution in [1.82, 2.24) is 14.3 Å². The van der Waals surface area contributed by atoms with Crippen molar-refractivity contribution in [3.05, 3.63) is 36.3 Å². The van der Waals surface area contributed by atoms with Crippen LogP contribution in [0.4, 0.5) is 0 Å². The maximum Gasteiger partial charge on any atom is 0.327 e. The fourth-order valence-corrected chi connectivity index (χ4v) is 3.18. The predicted molar refractivity (Wildman–Crippen MR) is 70.1 cm³/mol. The number of pyridine rings is 1. The Labute approximate surface area is 113 Å². The van der Waals surface area contributed by atoms with Gasteiger partial charge in [-0.05, 0) is 12.1 Å². The molecule has 2 aromatic heterocycles. The van der Waals surface area contributed by atoms with Crippen molar-refractivity contribution in [2.45, 2.75) is 6.04 Å². The van der Waals surface area contributed by atoms with Crippen LogP contribution in [0, 0.1) is 0 Å². The summed E-state index contributed by atoms with van der Waals surface area (Å²) in [6.07, 6.45) is 3.42. The zero-order valence-corrected chi connectivity index (χ0v) is 10.7. The Morgan fingerprint density at radius 2 is 2.26 bits per heavy atom. The minimum atomic E-state index is -0.970. The van der Waals surface area contributed by atoms with E-state index in [9.17, 15) is 9.59 Å². The number of hydrogen-bond donors (Lipinski definition) is 1. The van der Waals surface area contributed by atoms with E-state index in [0.717, 1.165) is 0 Å². The maximum absolute atomic E-state index is 12.3. The maximum atomic E-state index is 12.3. The molecule has 1 saturated heterocycles. The molecule has 0 bridgehead atoms. The number of rotatable bonds is 2. The van der Waals surface area contributed by atoms with E-state index in [1.54, 1.807) is 22.9 Å². The van der Waals surface area contributed by atoms with E-state index in [1.807, 2.05) is 12.1 Å². The highest BCUT2D eigenvalue weighted by atomic mass is 32.2. The molecule has 1 atom stereocenters. The number of fused-ring (bicyclic) bond motifs is 1. The van der Waals surface area contributed by atoms with Crippen molar-refractivity contribution in [1.29, 1.82) is 0 Å². The van der Waals surface area contributed by atoms with Crippen molar-refractivity contribution in [2.24, 2.45) is 0 Å². The Morgan fingerprint density at radius 1 is 1.42 bits per heavy atom. The minimum Gasteiger partial charge on any atom is -0.480 e. The van der Waals surface area contributed by atoms with Gasteiger partial charge < -0.3 is 14.4 Å². The largest absolute Gasteiger partial charge is 0.480 e. The Kier molecular flexibility index (Phi) is 2.90. The van der Waals surface area contributed by atoms with Crippen LogP contribution >= 0.6 is 11.8 Å². The molecule has 1 aliphatic heterocycles. The molecule has 1 amide bonds. The summed E-state index contributed by atoms with van der Waals surface area (Å²) in [7, 11) is 0. The number of aliphatic carboxylic acids is 1. The molecule has 6 nitrogen and oxygen atoms in total. The normalized spacial score (nSPS) is 18.9. The van der Waals surface area contributed by atoms with E-state index < -0.39 is 12.0 Å². The summed E-state index contributed by atoms with van der Waals surface area (Å²) in [6, 6.07) is 4.71. The first-order valence-corrected chi connectivity index (χ1v) is 6.87. The molecule has 7 heteroatoms. The molecule has 19 heavy (non-hydrogen) atoms. The van der Waals surface area contributed by atoms with Gasteiger partial charge in [-0.2, -0.15) is 0 Å². The SMILES string of the molecule is O=C(O)[C@@H]1CSCN1C(=O)c1cn2ccccc2n1. The number of carboxylic acid groups (broad SMARTS) is 1. The minimum absolute atomic E-state index is 0.278. The number of nitrogens with zero attached hydrogens (tertiary/aromatic N) is 3. The third-order valence-electron chi connectivity index (χ3n) is 3.01. The first kappa shape index (κ1) is 12.0. The van der Waals surface area contributed by atoms with E-state index >= 15 is 0 Å². The molecule has 0 aromatic carbocycles. The van der Waals surface area contributed by atoms with Gasteiger partial charge in [0.05, 0.1) is 5.88 Å². The molecule has 0 radical (unpaired) electrons. The van der Waals surface area contributed by atoms with Gasteiger partial charge in [0.25, 0.3) is 5.91 Å². The van der Waals surface area contributed by atoms with Crippen molar-refractivity contribution >= 4 is 29.3 Å². The second-order valence-electron chi connectivity index (χ2n) is 4.22. The van der Waals surface area contributed by atoms with E-state index in [0.29, 0.717) is 17.3 Å². The summed E-state index contributed by atoms with van der Waals surface area (Å²) in [5, 5.41) is 9.09. The summed E-state index contributed by atoms with van der Waals surface area (Å²) in [5.74, 6) is -0.485. The van der Waals surface area contributed by atoms with Gasteiger partial charge in [-0.1, -0.05) is 6.07 Å². The van der Waals surface area contributed by atoms with Gasteiger partial charge in [0.2, 0.25) is 0 Å². The van der Waals surface area contributed by atoms with Crippen LogP contribution in [0.1, 0.15) is 10.5 Å². The van der Waals surface area contributed by atoms with Gasteiger partial charge in [0.15, 0.2) is 0 Å². The van der Waals surface area contributed by atoms with Gasteiger partial charge in [-0.3, -0.25) is 4.79 Å². The summed E-state index contributed by atoms with van der Waals surface area (Å²) in [4.78, 5) is 29.0. The second kappa shape index (κ2) is 4.58. The van der Waals surface area contributed by atoms with Crippen molar-refractivity contribution in [3.8, 4) is 0 Å². The molecule has 0 aliphatic carbocycles. The van der Waals surface area contributed by atoms with E-state index in [-0.39, 0.29) is 11.6 Å². The topological polar surface area (TPSA) is 74.9 Å². The molecule has 0 spiro atoms. The fourth-order valence-electron chi connectivity index (χ4n) is 2.03. The lowest BCUT2D eigenvalue weighted by Gasteiger charge is -2.18. The molecular formula is C12H11N3O3S. The number of hydrogen-bond acceptors (Lipinski definition) is 4. The number of thioether (sulfide) groups is 1. The molecular weight excluding hydrogens is 266 g/mol. The van der Waals surface area contributed by atoms with Crippen molar-refractivity contribution in [2.75, 3.05) is 11.6 Å². The standard InChI is InChI=1S/C12H11N3O3S/c16-11(15-7-19-6-9(15)12(17)18)8-5-14-4-2-1-3-10(14)13-8/h1-5,9H,6-7H2,(H,17,18)/t9-/m0/s1. The van der Waals surface area contributed by atoms with Crippen molar-refractivity contribution in [3.63, 3.8) is 0 Å². The summed E-state index contributed by atoms with van der Waals surface area (Å²) in [6.45, 7) is 0. The molecule has 1 N–H and O–H groups in total. The fraction of sp³-hybridized carbons (Fsp3) is 0.250. The molecule has 3 heterocycles. The van der Waals surface area contributed by atoms with E-state index in [2.05, 4.69) is 4.98 Å². The molecule has 0 unspecified atom stereocenters. The van der Waals surface area contributed by atoms with Crippen LogP contribution < -0.4 is 0 Å². The lowest BCUT2D eigenvalue weighted by molar-refractivity contribution is -0.140. The van der Waals surface area contributed by atoms with Crippen LogP contribution in [0.5, 0.6) is 0 Å². The Balaban J connectivity index is 1.93. The average molecular weight is 277 g/mol. The smallest absolute Gasteiger partial charge is 0.327 e. The summed E-state index contributed by atoms with van der Waals surface area (Å²) >= 11 is 1.44. The quantitative estimate of drug-likeness (QED) is 0.884. The van der Waals surface area contributed by atoms with Crippen LogP contribution in [0.3, 0.4) is 0 Å². The Bertz CT molecular complexity index is 621. The lowest BCUT2D eigenvalue weighted by atomic mass is 10.3. The van der Waals surface area contributed by atoms with Gasteiger partial charge in [0, 0.05) is 18.1 Å².